The summed E-state index contributed by atoms with van der Waals surface area (Å²) in [6, 6.07) is 27.6. The minimum atomic E-state index is -3.68. The Labute approximate surface area is 156 Å². The van der Waals surface area contributed by atoms with Crippen molar-refractivity contribution in [2.75, 3.05) is 0 Å². The summed E-state index contributed by atoms with van der Waals surface area (Å²) in [6.07, 6.45) is 0. The van der Waals surface area contributed by atoms with E-state index in [9.17, 15) is 4.79 Å². The SMILES string of the molecule is N#CC(=O)N=P(Oc1ccccc1)(Oc1ccccc1)Oc1ccccc1. The quantitative estimate of drug-likeness (QED) is 0.434. The molecule has 0 aromatic heterocycles. The minimum Gasteiger partial charge on any atom is -0.401 e. The highest BCUT2D eigenvalue weighted by Gasteiger charge is 2.32. The van der Waals surface area contributed by atoms with E-state index in [4.69, 9.17) is 18.8 Å². The first-order valence-corrected chi connectivity index (χ1v) is 9.49. The molecule has 0 aliphatic rings. The van der Waals surface area contributed by atoms with Crippen LogP contribution in [0.5, 0.6) is 17.2 Å². The lowest BCUT2D eigenvalue weighted by Crippen LogP contribution is -2.10. The molecular weight excluding hydrogens is 363 g/mol. The monoisotopic (exact) mass is 378 g/mol. The topological polar surface area (TPSA) is 80.9 Å². The van der Waals surface area contributed by atoms with E-state index in [1.807, 2.05) is 18.2 Å². The summed E-state index contributed by atoms with van der Waals surface area (Å²) < 4.78 is 21.6. The molecule has 0 bridgehead atoms. The van der Waals surface area contributed by atoms with Crippen LogP contribution in [0.3, 0.4) is 0 Å². The van der Waals surface area contributed by atoms with Crippen molar-refractivity contribution in [3.05, 3.63) is 91.0 Å². The van der Waals surface area contributed by atoms with Gasteiger partial charge in [-0.15, -0.1) is 4.74 Å². The fraction of sp³-hybridized carbons (Fsp3) is 0. The lowest BCUT2D eigenvalue weighted by atomic mass is 10.3. The van der Waals surface area contributed by atoms with Crippen LogP contribution in [0.1, 0.15) is 0 Å². The van der Waals surface area contributed by atoms with E-state index in [1.165, 1.54) is 6.07 Å². The van der Waals surface area contributed by atoms with Gasteiger partial charge in [-0.3, -0.25) is 4.79 Å². The van der Waals surface area contributed by atoms with Crippen LogP contribution in [0.25, 0.3) is 0 Å². The van der Waals surface area contributed by atoms with E-state index in [0.29, 0.717) is 17.2 Å². The number of para-hydroxylation sites is 3. The van der Waals surface area contributed by atoms with Crippen LogP contribution in [0.2, 0.25) is 0 Å². The van der Waals surface area contributed by atoms with Gasteiger partial charge in [-0.25, -0.2) is 0 Å². The first-order valence-electron chi connectivity index (χ1n) is 7.99. The molecule has 134 valence electrons. The fourth-order valence-electron chi connectivity index (χ4n) is 2.09. The Hall–Kier alpha value is -3.55. The number of hydrogen-bond acceptors (Lipinski definition) is 5. The molecule has 3 aromatic rings. The van der Waals surface area contributed by atoms with Gasteiger partial charge in [-0.2, -0.15) is 5.26 Å². The number of benzene rings is 3. The van der Waals surface area contributed by atoms with Gasteiger partial charge in [0.1, 0.15) is 17.2 Å². The second-order valence-corrected chi connectivity index (χ2v) is 6.88. The summed E-state index contributed by atoms with van der Waals surface area (Å²) in [6.45, 7) is 0. The third kappa shape index (κ3) is 5.21. The van der Waals surface area contributed by atoms with Crippen molar-refractivity contribution in [1.82, 2.24) is 0 Å². The molecule has 0 unspecified atom stereocenters. The number of amides is 1. The maximum absolute atomic E-state index is 11.9. The molecule has 0 saturated carbocycles. The van der Waals surface area contributed by atoms with Gasteiger partial charge in [0.2, 0.25) is 0 Å². The Morgan fingerprint density at radius 1 is 0.704 bits per heavy atom. The molecule has 7 heteroatoms. The molecule has 0 saturated heterocycles. The summed E-state index contributed by atoms with van der Waals surface area (Å²) in [4.78, 5) is 11.9. The summed E-state index contributed by atoms with van der Waals surface area (Å²) in [5.41, 5.74) is 0. The molecule has 0 heterocycles. The van der Waals surface area contributed by atoms with Gasteiger partial charge in [-0.05, 0) is 36.4 Å². The summed E-state index contributed by atoms with van der Waals surface area (Å²) in [5, 5.41) is 8.95. The third-order valence-electron chi connectivity index (χ3n) is 3.20. The summed E-state index contributed by atoms with van der Waals surface area (Å²) in [7, 11) is -3.68. The van der Waals surface area contributed by atoms with E-state index in [-0.39, 0.29) is 0 Å². The van der Waals surface area contributed by atoms with E-state index in [0.717, 1.165) is 0 Å². The molecule has 1 amide bonds. The second kappa shape index (κ2) is 8.70. The number of nitriles is 1. The largest absolute Gasteiger partial charge is 0.531 e. The van der Waals surface area contributed by atoms with Crippen molar-refractivity contribution in [2.45, 2.75) is 0 Å². The Morgan fingerprint density at radius 2 is 1.04 bits per heavy atom. The van der Waals surface area contributed by atoms with Gasteiger partial charge in [-0.1, -0.05) is 54.6 Å². The zero-order valence-electron chi connectivity index (χ0n) is 14.1. The number of rotatable bonds is 6. The maximum Gasteiger partial charge on any atom is 0.531 e. The molecule has 0 aliphatic heterocycles. The maximum atomic E-state index is 11.9. The van der Waals surface area contributed by atoms with Crippen LogP contribution >= 0.6 is 7.74 Å². The lowest BCUT2D eigenvalue weighted by molar-refractivity contribution is -0.112. The zero-order chi connectivity index (χ0) is 19.0. The molecule has 0 atom stereocenters. The van der Waals surface area contributed by atoms with Crippen molar-refractivity contribution in [3.8, 4) is 23.3 Å². The van der Waals surface area contributed by atoms with Crippen LogP contribution in [0.4, 0.5) is 0 Å². The molecule has 27 heavy (non-hydrogen) atoms. The van der Waals surface area contributed by atoms with Crippen molar-refractivity contribution < 1.29 is 18.4 Å². The zero-order valence-corrected chi connectivity index (χ0v) is 15.0. The molecule has 0 aliphatic carbocycles. The number of carbonyl (C=O) groups is 1. The Balaban J connectivity index is 2.09. The van der Waals surface area contributed by atoms with Crippen LogP contribution in [-0.2, 0) is 4.79 Å². The van der Waals surface area contributed by atoms with E-state index >= 15 is 0 Å². The predicted molar refractivity (Wildman–Crippen MR) is 101 cm³/mol. The first kappa shape index (κ1) is 18.2. The van der Waals surface area contributed by atoms with Gasteiger partial charge in [0, 0.05) is 0 Å². The van der Waals surface area contributed by atoms with Gasteiger partial charge in [0.05, 0.1) is 0 Å². The highest BCUT2D eigenvalue weighted by atomic mass is 31.2. The summed E-state index contributed by atoms with van der Waals surface area (Å²) in [5.74, 6) is 0.137. The van der Waals surface area contributed by atoms with Crippen LogP contribution in [0, 0.1) is 11.3 Å². The smallest absolute Gasteiger partial charge is 0.401 e. The van der Waals surface area contributed by atoms with E-state index < -0.39 is 13.6 Å². The Kier molecular flexibility index (Phi) is 5.88. The molecule has 0 spiro atoms. The normalized spacial score (nSPS) is 10.3. The highest BCUT2D eigenvalue weighted by Crippen LogP contribution is 2.52. The van der Waals surface area contributed by atoms with Crippen LogP contribution < -0.4 is 13.6 Å². The van der Waals surface area contributed by atoms with Gasteiger partial charge in [0.25, 0.3) is 0 Å². The van der Waals surface area contributed by atoms with Crippen molar-refractivity contribution in [2.24, 2.45) is 4.74 Å². The molecule has 0 fully saturated rings. The van der Waals surface area contributed by atoms with Crippen molar-refractivity contribution >= 4 is 13.6 Å². The molecule has 6 nitrogen and oxygen atoms in total. The fourth-order valence-corrected chi connectivity index (χ4v) is 3.76. The molecule has 3 rings (SSSR count). The predicted octanol–water partition coefficient (Wildman–Crippen LogP) is 5.22. The van der Waals surface area contributed by atoms with Crippen LogP contribution in [-0.4, -0.2) is 5.91 Å². The van der Waals surface area contributed by atoms with Gasteiger partial charge >= 0.3 is 13.6 Å². The minimum absolute atomic E-state index is 0.396. The average Bonchev–Trinajstić information content (AvgIpc) is 2.70. The highest BCUT2D eigenvalue weighted by molar-refractivity contribution is 7.53. The summed E-state index contributed by atoms with van der Waals surface area (Å²) >= 11 is 0. The molecular formula is C20H15N2O4P. The van der Waals surface area contributed by atoms with Crippen molar-refractivity contribution in [1.29, 1.82) is 5.26 Å². The van der Waals surface area contributed by atoms with Crippen molar-refractivity contribution in [3.63, 3.8) is 0 Å². The molecule has 3 aromatic carbocycles. The Bertz CT molecular complexity index is 879. The number of nitrogens with zero attached hydrogens (tertiary/aromatic N) is 2. The van der Waals surface area contributed by atoms with E-state index in [1.54, 1.807) is 72.8 Å². The lowest BCUT2D eigenvalue weighted by Gasteiger charge is -2.24. The van der Waals surface area contributed by atoms with Crippen LogP contribution in [0.15, 0.2) is 95.7 Å². The molecule has 0 radical (unpaired) electrons. The molecule has 0 N–H and O–H groups in total. The average molecular weight is 378 g/mol. The standard InChI is InChI=1S/C20H15N2O4P/c21-16-20(23)22-27(24-17-10-4-1-5-11-17,25-18-12-6-2-7-13-18)26-19-14-8-3-9-15-19/h1-15H. The Morgan fingerprint density at radius 3 is 1.33 bits per heavy atom. The second-order valence-electron chi connectivity index (χ2n) is 5.20. The number of hydrogen-bond donors (Lipinski definition) is 0. The van der Waals surface area contributed by atoms with Gasteiger partial charge < -0.3 is 13.6 Å². The van der Waals surface area contributed by atoms with E-state index in [2.05, 4.69) is 4.74 Å². The third-order valence-corrected chi connectivity index (χ3v) is 4.95. The van der Waals surface area contributed by atoms with Gasteiger partial charge in [0.15, 0.2) is 6.07 Å². The first-order chi connectivity index (χ1) is 13.2. The number of carbonyl (C=O) groups excluding carboxylic acids is 1.